The summed E-state index contributed by atoms with van der Waals surface area (Å²) < 4.78 is 5.44. The Bertz CT molecular complexity index is 136. The summed E-state index contributed by atoms with van der Waals surface area (Å²) in [6.45, 7) is 2.18. The van der Waals surface area contributed by atoms with E-state index in [1.54, 1.807) is 0 Å². The maximum Gasteiger partial charge on any atom is 0.151 e. The molecule has 0 amide bonds. The maximum absolute atomic E-state index is 8.61. The van der Waals surface area contributed by atoms with Gasteiger partial charge in [-0.25, -0.2) is 0 Å². The summed E-state index contributed by atoms with van der Waals surface area (Å²) in [5.41, 5.74) is 0. The zero-order valence-electron chi connectivity index (χ0n) is 8.28. The van der Waals surface area contributed by atoms with Crippen LogP contribution in [0, 0.1) is 0 Å². The molecular formula is C10H20O3. The molecule has 0 bridgehead atoms. The van der Waals surface area contributed by atoms with Crippen LogP contribution in [0.4, 0.5) is 0 Å². The second kappa shape index (κ2) is 5.58. The normalized spacial score (nSPS) is 26.8. The fraction of sp³-hybridized carbons (Fsp3) is 1.00. The molecule has 13 heavy (non-hydrogen) atoms. The summed E-state index contributed by atoms with van der Waals surface area (Å²) in [4.78, 5) is 0. The van der Waals surface area contributed by atoms with Gasteiger partial charge in [-0.2, -0.15) is 0 Å². The van der Waals surface area contributed by atoms with Crippen molar-refractivity contribution in [3.8, 4) is 0 Å². The first-order chi connectivity index (χ1) is 6.24. The summed E-state index contributed by atoms with van der Waals surface area (Å²) in [6, 6.07) is 0. The lowest BCUT2D eigenvalue weighted by molar-refractivity contribution is -0.0467. The number of hydrogen-bond acceptors (Lipinski definition) is 3. The lowest BCUT2D eigenvalue weighted by Gasteiger charge is -2.00. The third-order valence-corrected chi connectivity index (χ3v) is 2.48. The molecule has 0 aromatic heterocycles. The van der Waals surface area contributed by atoms with Gasteiger partial charge in [0, 0.05) is 0 Å². The summed E-state index contributed by atoms with van der Waals surface area (Å²) in [7, 11) is 0. The van der Waals surface area contributed by atoms with Crippen LogP contribution >= 0.6 is 0 Å². The van der Waals surface area contributed by atoms with Crippen molar-refractivity contribution in [3.05, 3.63) is 0 Å². The van der Waals surface area contributed by atoms with E-state index >= 15 is 0 Å². The molecule has 0 aromatic rings. The van der Waals surface area contributed by atoms with Crippen molar-refractivity contribution in [1.82, 2.24) is 0 Å². The minimum atomic E-state index is -1.15. The van der Waals surface area contributed by atoms with Crippen molar-refractivity contribution in [2.75, 3.05) is 0 Å². The maximum atomic E-state index is 8.61. The quantitative estimate of drug-likeness (QED) is 0.469. The van der Waals surface area contributed by atoms with Crippen molar-refractivity contribution in [1.29, 1.82) is 0 Å². The van der Waals surface area contributed by atoms with Gasteiger partial charge in [0.05, 0.1) is 12.2 Å². The van der Waals surface area contributed by atoms with Crippen molar-refractivity contribution in [3.63, 3.8) is 0 Å². The summed E-state index contributed by atoms with van der Waals surface area (Å²) in [5, 5.41) is 17.2. The van der Waals surface area contributed by atoms with E-state index in [-0.39, 0.29) is 0 Å². The topological polar surface area (TPSA) is 53.0 Å². The Balaban J connectivity index is 1.89. The van der Waals surface area contributed by atoms with Gasteiger partial charge in [-0.3, -0.25) is 0 Å². The lowest BCUT2D eigenvalue weighted by Crippen LogP contribution is -2.04. The first-order valence-corrected chi connectivity index (χ1v) is 5.25. The van der Waals surface area contributed by atoms with E-state index in [0.717, 1.165) is 12.8 Å². The Labute approximate surface area is 79.7 Å². The van der Waals surface area contributed by atoms with E-state index in [1.165, 1.54) is 19.3 Å². The molecule has 1 aliphatic rings. The molecule has 1 fully saturated rings. The molecule has 1 aliphatic heterocycles. The minimum absolute atomic E-state index is 0.408. The summed E-state index contributed by atoms with van der Waals surface area (Å²) in [5.74, 6) is 0. The number of aliphatic hydroxyl groups is 2. The van der Waals surface area contributed by atoms with E-state index in [9.17, 15) is 0 Å². The van der Waals surface area contributed by atoms with Gasteiger partial charge in [0.25, 0.3) is 0 Å². The summed E-state index contributed by atoms with van der Waals surface area (Å²) >= 11 is 0. The van der Waals surface area contributed by atoms with Crippen LogP contribution in [-0.2, 0) is 4.74 Å². The highest BCUT2D eigenvalue weighted by atomic mass is 16.6. The first kappa shape index (κ1) is 11.0. The van der Waals surface area contributed by atoms with Crippen molar-refractivity contribution in [2.45, 2.75) is 63.9 Å². The van der Waals surface area contributed by atoms with Crippen molar-refractivity contribution < 1.29 is 14.9 Å². The van der Waals surface area contributed by atoms with Gasteiger partial charge in [0.15, 0.2) is 6.29 Å². The fourth-order valence-corrected chi connectivity index (χ4v) is 1.59. The fourth-order valence-electron chi connectivity index (χ4n) is 1.59. The molecule has 1 rings (SSSR count). The number of epoxide rings is 1. The Morgan fingerprint density at radius 1 is 1.15 bits per heavy atom. The molecule has 0 spiro atoms. The van der Waals surface area contributed by atoms with Crippen LogP contribution in [0.3, 0.4) is 0 Å². The highest BCUT2D eigenvalue weighted by Crippen LogP contribution is 2.31. The Kier molecular flexibility index (Phi) is 4.70. The van der Waals surface area contributed by atoms with E-state index in [1.807, 2.05) is 0 Å². The smallest absolute Gasteiger partial charge is 0.151 e. The van der Waals surface area contributed by atoms with Gasteiger partial charge >= 0.3 is 0 Å². The number of ether oxygens (including phenoxy) is 1. The van der Waals surface area contributed by atoms with E-state index < -0.39 is 6.29 Å². The van der Waals surface area contributed by atoms with Crippen LogP contribution in [0.2, 0.25) is 0 Å². The summed E-state index contributed by atoms with van der Waals surface area (Å²) in [6.07, 6.45) is 5.67. The Hall–Kier alpha value is -0.120. The monoisotopic (exact) mass is 188 g/mol. The molecule has 0 aromatic carbocycles. The van der Waals surface area contributed by atoms with Crippen LogP contribution in [0.1, 0.15) is 45.4 Å². The van der Waals surface area contributed by atoms with Crippen LogP contribution in [0.15, 0.2) is 0 Å². The Morgan fingerprint density at radius 3 is 2.31 bits per heavy atom. The van der Waals surface area contributed by atoms with Gasteiger partial charge in [0.1, 0.15) is 0 Å². The molecule has 2 N–H and O–H groups in total. The van der Waals surface area contributed by atoms with Crippen LogP contribution in [0.5, 0.6) is 0 Å². The highest BCUT2D eigenvalue weighted by molar-refractivity contribution is 4.84. The molecular weight excluding hydrogens is 168 g/mol. The molecule has 0 saturated carbocycles. The molecule has 3 nitrogen and oxygen atoms in total. The number of hydrogen-bond donors (Lipinski definition) is 2. The lowest BCUT2D eigenvalue weighted by atomic mass is 10.1. The largest absolute Gasteiger partial charge is 0.370 e. The number of unbranched alkanes of at least 4 members (excludes halogenated alkanes) is 1. The number of aliphatic hydroxyl groups excluding tert-OH is 1. The predicted molar refractivity (Wildman–Crippen MR) is 50.3 cm³/mol. The SMILES string of the molecule is CCCCC1OC1CCCC(O)O. The van der Waals surface area contributed by atoms with Gasteiger partial charge in [-0.05, 0) is 25.7 Å². The molecule has 1 saturated heterocycles. The molecule has 0 radical (unpaired) electrons. The van der Waals surface area contributed by atoms with Crippen molar-refractivity contribution >= 4 is 0 Å². The van der Waals surface area contributed by atoms with E-state index in [2.05, 4.69) is 6.92 Å². The van der Waals surface area contributed by atoms with Gasteiger partial charge in [0.2, 0.25) is 0 Å². The molecule has 0 aliphatic carbocycles. The second-order valence-corrected chi connectivity index (χ2v) is 3.77. The number of rotatable bonds is 7. The van der Waals surface area contributed by atoms with Gasteiger partial charge in [-0.15, -0.1) is 0 Å². The highest BCUT2D eigenvalue weighted by Gasteiger charge is 2.36. The van der Waals surface area contributed by atoms with E-state index in [4.69, 9.17) is 14.9 Å². The van der Waals surface area contributed by atoms with Gasteiger partial charge < -0.3 is 14.9 Å². The molecule has 2 atom stereocenters. The third kappa shape index (κ3) is 4.60. The third-order valence-electron chi connectivity index (χ3n) is 2.48. The van der Waals surface area contributed by atoms with E-state index in [0.29, 0.717) is 18.6 Å². The van der Waals surface area contributed by atoms with Crippen LogP contribution < -0.4 is 0 Å². The van der Waals surface area contributed by atoms with Gasteiger partial charge in [-0.1, -0.05) is 19.8 Å². The van der Waals surface area contributed by atoms with Crippen LogP contribution in [0.25, 0.3) is 0 Å². The predicted octanol–water partition coefficient (Wildman–Crippen LogP) is 1.42. The zero-order valence-corrected chi connectivity index (χ0v) is 8.28. The molecule has 3 heteroatoms. The zero-order chi connectivity index (χ0) is 9.68. The Morgan fingerprint density at radius 2 is 1.77 bits per heavy atom. The average molecular weight is 188 g/mol. The average Bonchev–Trinajstić information content (AvgIpc) is 2.80. The molecule has 78 valence electrons. The first-order valence-electron chi connectivity index (χ1n) is 5.25. The second-order valence-electron chi connectivity index (χ2n) is 3.77. The standard InChI is InChI=1S/C10H20O3/c1-2-3-5-8-9(13-8)6-4-7-10(11)12/h8-12H,2-7H2,1H3. The van der Waals surface area contributed by atoms with Crippen LogP contribution in [-0.4, -0.2) is 28.7 Å². The van der Waals surface area contributed by atoms with Crippen molar-refractivity contribution in [2.24, 2.45) is 0 Å². The molecule has 2 unspecified atom stereocenters. The minimum Gasteiger partial charge on any atom is -0.370 e. The molecule has 1 heterocycles.